The monoisotopic (exact) mass is 295 g/mol. The fraction of sp³-hybridized carbons (Fsp3) is 0.429. The predicted molar refractivity (Wildman–Crippen MR) is 72.9 cm³/mol. The summed E-state index contributed by atoms with van der Waals surface area (Å²) in [5.41, 5.74) is 1.51. The number of hydrogen-bond acceptors (Lipinski definition) is 4. The number of anilines is 1. The molecule has 1 aliphatic rings. The number of nitrogens with zero attached hydrogens (tertiary/aromatic N) is 3. The molecule has 0 amide bonds. The van der Waals surface area contributed by atoms with Gasteiger partial charge in [0.25, 0.3) is 5.92 Å². The van der Waals surface area contributed by atoms with Gasteiger partial charge in [0.15, 0.2) is 5.69 Å². The minimum atomic E-state index is -2.66. The molecule has 3 rings (SSSR count). The van der Waals surface area contributed by atoms with Crippen LogP contribution in [0.4, 0.5) is 14.5 Å². The summed E-state index contributed by atoms with van der Waals surface area (Å²) in [5, 5.41) is 0. The minimum absolute atomic E-state index is 0.153. The number of carbonyl (C=O) groups is 1. The summed E-state index contributed by atoms with van der Waals surface area (Å²) in [4.78, 5) is 17.6. The maximum Gasteiger partial charge on any atom is 0.356 e. The predicted octanol–water partition coefficient (Wildman–Crippen LogP) is 2.36. The molecule has 112 valence electrons. The number of aromatic nitrogens is 2. The van der Waals surface area contributed by atoms with Crippen LogP contribution in [-0.4, -0.2) is 41.0 Å². The second-order valence-electron chi connectivity index (χ2n) is 5.01. The van der Waals surface area contributed by atoms with Gasteiger partial charge in [-0.1, -0.05) is 0 Å². The lowest BCUT2D eigenvalue weighted by atomic mass is 10.3. The van der Waals surface area contributed by atoms with Crippen molar-refractivity contribution in [2.45, 2.75) is 19.3 Å². The molecule has 0 unspecified atom stereocenters. The Bertz CT molecular complexity index is 684. The topological polar surface area (TPSA) is 46.8 Å². The molecule has 21 heavy (non-hydrogen) atoms. The molecule has 1 saturated heterocycles. The van der Waals surface area contributed by atoms with Crippen LogP contribution < -0.4 is 4.90 Å². The van der Waals surface area contributed by atoms with Gasteiger partial charge >= 0.3 is 5.97 Å². The van der Waals surface area contributed by atoms with Crippen molar-refractivity contribution in [1.29, 1.82) is 0 Å². The highest BCUT2D eigenvalue weighted by atomic mass is 19.3. The van der Waals surface area contributed by atoms with Crippen LogP contribution in [0.15, 0.2) is 24.5 Å². The molecule has 0 radical (unpaired) electrons. The zero-order chi connectivity index (χ0) is 15.0. The number of hydrogen-bond donors (Lipinski definition) is 0. The van der Waals surface area contributed by atoms with Gasteiger partial charge in [-0.25, -0.2) is 18.6 Å². The molecule has 1 aliphatic heterocycles. The van der Waals surface area contributed by atoms with E-state index in [4.69, 9.17) is 4.74 Å². The van der Waals surface area contributed by atoms with Crippen molar-refractivity contribution < 1.29 is 18.3 Å². The van der Waals surface area contributed by atoms with E-state index in [1.165, 1.54) is 6.20 Å². The molecule has 0 bridgehead atoms. The van der Waals surface area contributed by atoms with Crippen LogP contribution in [0.1, 0.15) is 23.8 Å². The third-order valence-electron chi connectivity index (χ3n) is 3.51. The first kappa shape index (κ1) is 13.8. The third-order valence-corrected chi connectivity index (χ3v) is 3.51. The first-order valence-electron chi connectivity index (χ1n) is 6.77. The molecule has 2 aromatic heterocycles. The molecule has 0 aliphatic carbocycles. The van der Waals surface area contributed by atoms with Crippen LogP contribution in [0, 0.1) is 0 Å². The van der Waals surface area contributed by atoms with Crippen LogP contribution >= 0.6 is 0 Å². The molecule has 0 aromatic carbocycles. The van der Waals surface area contributed by atoms with E-state index in [0.717, 1.165) is 0 Å². The van der Waals surface area contributed by atoms with Crippen LogP contribution in [0.5, 0.6) is 0 Å². The van der Waals surface area contributed by atoms with Gasteiger partial charge in [0, 0.05) is 19.2 Å². The number of pyridine rings is 1. The van der Waals surface area contributed by atoms with E-state index in [1.54, 1.807) is 34.6 Å². The number of imidazole rings is 1. The lowest BCUT2D eigenvalue weighted by Crippen LogP contribution is -2.25. The van der Waals surface area contributed by atoms with Crippen molar-refractivity contribution in [3.63, 3.8) is 0 Å². The molecule has 0 N–H and O–H groups in total. The van der Waals surface area contributed by atoms with E-state index in [2.05, 4.69) is 4.98 Å². The molecule has 1 fully saturated rings. The standard InChI is InChI=1S/C14H15F2N3O2/c1-2-21-13(20)11-7-17-12-4-3-10(8-19(11)12)18-6-5-14(15,16)9-18/h3-4,7-8H,2,5-6,9H2,1H3. The van der Waals surface area contributed by atoms with Gasteiger partial charge in [-0.05, 0) is 19.1 Å². The van der Waals surface area contributed by atoms with E-state index in [1.807, 2.05) is 0 Å². The fourth-order valence-corrected chi connectivity index (χ4v) is 2.47. The average molecular weight is 295 g/mol. The molecule has 3 heterocycles. The van der Waals surface area contributed by atoms with E-state index < -0.39 is 11.9 Å². The summed E-state index contributed by atoms with van der Waals surface area (Å²) in [5.74, 6) is -3.14. The van der Waals surface area contributed by atoms with Crippen molar-refractivity contribution in [2.75, 3.05) is 24.6 Å². The van der Waals surface area contributed by atoms with Gasteiger partial charge in [0.05, 0.1) is 25.0 Å². The lowest BCUT2D eigenvalue weighted by Gasteiger charge is -2.18. The normalized spacial score (nSPS) is 17.4. The summed E-state index contributed by atoms with van der Waals surface area (Å²) in [6.45, 7) is 1.98. The van der Waals surface area contributed by atoms with Crippen molar-refractivity contribution in [2.24, 2.45) is 0 Å². The Balaban J connectivity index is 1.95. The number of alkyl halides is 2. The SMILES string of the molecule is CCOC(=O)c1cnc2ccc(N3CCC(F)(F)C3)cn12. The van der Waals surface area contributed by atoms with E-state index >= 15 is 0 Å². The third kappa shape index (κ3) is 2.55. The number of carbonyl (C=O) groups excluding carboxylic acids is 1. The number of ether oxygens (including phenoxy) is 1. The Hall–Kier alpha value is -2.18. The lowest BCUT2D eigenvalue weighted by molar-refractivity contribution is 0.0257. The smallest absolute Gasteiger partial charge is 0.356 e. The van der Waals surface area contributed by atoms with Crippen LogP contribution in [0.25, 0.3) is 5.65 Å². The van der Waals surface area contributed by atoms with Gasteiger partial charge in [0.2, 0.25) is 0 Å². The quantitative estimate of drug-likeness (QED) is 0.816. The Kier molecular flexibility index (Phi) is 3.27. The van der Waals surface area contributed by atoms with Crippen molar-refractivity contribution in [3.8, 4) is 0 Å². The highest BCUT2D eigenvalue weighted by Crippen LogP contribution is 2.31. The van der Waals surface area contributed by atoms with Crippen molar-refractivity contribution >= 4 is 17.3 Å². The highest BCUT2D eigenvalue weighted by Gasteiger charge is 2.38. The average Bonchev–Trinajstić information content (AvgIpc) is 3.01. The first-order valence-corrected chi connectivity index (χ1v) is 6.77. The Labute approximate surface area is 120 Å². The molecule has 0 atom stereocenters. The molecular weight excluding hydrogens is 280 g/mol. The highest BCUT2D eigenvalue weighted by molar-refractivity contribution is 5.88. The van der Waals surface area contributed by atoms with E-state index in [-0.39, 0.29) is 19.6 Å². The zero-order valence-electron chi connectivity index (χ0n) is 11.6. The van der Waals surface area contributed by atoms with Crippen LogP contribution in [0.3, 0.4) is 0 Å². The molecule has 7 heteroatoms. The Morgan fingerprint density at radius 3 is 2.95 bits per heavy atom. The second-order valence-corrected chi connectivity index (χ2v) is 5.01. The second kappa shape index (κ2) is 4.98. The Morgan fingerprint density at radius 1 is 1.48 bits per heavy atom. The van der Waals surface area contributed by atoms with Gasteiger partial charge in [-0.2, -0.15) is 0 Å². The molecular formula is C14H15F2N3O2. The summed E-state index contributed by atoms with van der Waals surface area (Å²) >= 11 is 0. The van der Waals surface area contributed by atoms with Crippen molar-refractivity contribution in [1.82, 2.24) is 9.38 Å². The van der Waals surface area contributed by atoms with E-state index in [9.17, 15) is 13.6 Å². The first-order chi connectivity index (χ1) is 10.00. The zero-order valence-corrected chi connectivity index (χ0v) is 11.6. The van der Waals surface area contributed by atoms with Crippen molar-refractivity contribution in [3.05, 3.63) is 30.2 Å². The number of esters is 1. The number of rotatable bonds is 3. The maximum atomic E-state index is 13.3. The Morgan fingerprint density at radius 2 is 2.29 bits per heavy atom. The van der Waals surface area contributed by atoms with Gasteiger partial charge in [-0.15, -0.1) is 0 Å². The summed E-state index contributed by atoms with van der Waals surface area (Å²) < 4.78 is 33.1. The molecule has 0 spiro atoms. The van der Waals surface area contributed by atoms with Gasteiger partial charge in [0.1, 0.15) is 5.65 Å². The molecule has 2 aromatic rings. The van der Waals surface area contributed by atoms with Gasteiger partial charge in [-0.3, -0.25) is 4.40 Å². The van der Waals surface area contributed by atoms with Gasteiger partial charge < -0.3 is 9.64 Å². The minimum Gasteiger partial charge on any atom is -0.461 e. The van der Waals surface area contributed by atoms with E-state index in [0.29, 0.717) is 23.6 Å². The number of fused-ring (bicyclic) bond motifs is 1. The summed E-state index contributed by atoms with van der Waals surface area (Å²) in [6, 6.07) is 3.44. The fourth-order valence-electron chi connectivity index (χ4n) is 2.47. The molecule has 5 nitrogen and oxygen atoms in total. The summed E-state index contributed by atoms with van der Waals surface area (Å²) in [7, 11) is 0. The number of halogens is 2. The summed E-state index contributed by atoms with van der Waals surface area (Å²) in [6.07, 6.45) is 2.92. The largest absolute Gasteiger partial charge is 0.461 e. The van der Waals surface area contributed by atoms with Crippen LogP contribution in [-0.2, 0) is 4.74 Å². The maximum absolute atomic E-state index is 13.3. The molecule has 0 saturated carbocycles. The van der Waals surface area contributed by atoms with Crippen LogP contribution in [0.2, 0.25) is 0 Å².